The zero-order valence-electron chi connectivity index (χ0n) is 6.03. The van der Waals surface area contributed by atoms with Crippen LogP contribution in [0.4, 0.5) is 4.39 Å². The second kappa shape index (κ2) is 3.58. The third kappa shape index (κ3) is 2.09. The van der Waals surface area contributed by atoms with Gasteiger partial charge in [-0.05, 0) is 13.0 Å². The topological polar surface area (TPSA) is 9.23 Å². The SMILES string of the molecule is CCOc1[c]cc(Cl)c(F)c1. The molecule has 0 saturated carbocycles. The van der Waals surface area contributed by atoms with E-state index in [1.165, 1.54) is 12.1 Å². The second-order valence-corrected chi connectivity index (χ2v) is 2.33. The fourth-order valence-corrected chi connectivity index (χ4v) is 0.777. The first-order chi connectivity index (χ1) is 5.24. The highest BCUT2D eigenvalue weighted by atomic mass is 35.5. The average Bonchev–Trinajstić information content (AvgIpc) is 1.98. The first kappa shape index (κ1) is 8.34. The van der Waals surface area contributed by atoms with Crippen molar-refractivity contribution in [3.05, 3.63) is 29.0 Å². The summed E-state index contributed by atoms with van der Waals surface area (Å²) in [5.41, 5.74) is 0. The van der Waals surface area contributed by atoms with E-state index in [1.807, 2.05) is 6.92 Å². The summed E-state index contributed by atoms with van der Waals surface area (Å²) in [6.07, 6.45) is 0. The first-order valence-electron chi connectivity index (χ1n) is 3.23. The molecule has 0 amide bonds. The molecule has 0 atom stereocenters. The van der Waals surface area contributed by atoms with Crippen LogP contribution in [0, 0.1) is 11.9 Å². The Labute approximate surface area is 69.7 Å². The maximum absolute atomic E-state index is 12.7. The molecule has 1 radical (unpaired) electrons. The largest absolute Gasteiger partial charge is 0.493 e. The maximum atomic E-state index is 12.7. The van der Waals surface area contributed by atoms with Crippen LogP contribution < -0.4 is 4.74 Å². The van der Waals surface area contributed by atoms with Crippen LogP contribution in [-0.4, -0.2) is 6.61 Å². The molecule has 0 unspecified atom stereocenters. The van der Waals surface area contributed by atoms with Crippen molar-refractivity contribution in [1.29, 1.82) is 0 Å². The van der Waals surface area contributed by atoms with E-state index in [1.54, 1.807) is 0 Å². The van der Waals surface area contributed by atoms with Crippen LogP contribution in [0.15, 0.2) is 12.1 Å². The van der Waals surface area contributed by atoms with E-state index in [-0.39, 0.29) is 5.02 Å². The molecule has 0 aliphatic rings. The minimum absolute atomic E-state index is 0.0634. The number of hydrogen-bond acceptors (Lipinski definition) is 1. The highest BCUT2D eigenvalue weighted by Crippen LogP contribution is 2.19. The zero-order valence-corrected chi connectivity index (χ0v) is 6.78. The molecular weight excluding hydrogens is 167 g/mol. The lowest BCUT2D eigenvalue weighted by Gasteiger charge is -2.01. The summed E-state index contributed by atoms with van der Waals surface area (Å²) in [6, 6.07) is 5.25. The van der Waals surface area contributed by atoms with Crippen LogP contribution in [-0.2, 0) is 0 Å². The van der Waals surface area contributed by atoms with Gasteiger partial charge in [-0.1, -0.05) is 11.6 Å². The van der Waals surface area contributed by atoms with Gasteiger partial charge in [0.2, 0.25) is 0 Å². The molecule has 0 heterocycles. The van der Waals surface area contributed by atoms with Crippen LogP contribution in [0.5, 0.6) is 5.75 Å². The predicted molar refractivity (Wildman–Crippen MR) is 41.4 cm³/mol. The Morgan fingerprint density at radius 2 is 2.45 bits per heavy atom. The van der Waals surface area contributed by atoms with Crippen molar-refractivity contribution in [1.82, 2.24) is 0 Å². The van der Waals surface area contributed by atoms with Crippen LogP contribution >= 0.6 is 11.6 Å². The van der Waals surface area contributed by atoms with E-state index in [4.69, 9.17) is 16.3 Å². The van der Waals surface area contributed by atoms with E-state index in [2.05, 4.69) is 6.07 Å². The van der Waals surface area contributed by atoms with E-state index in [0.717, 1.165) is 0 Å². The number of hydrogen-bond donors (Lipinski definition) is 0. The lowest BCUT2D eigenvalue weighted by Crippen LogP contribution is -1.91. The van der Waals surface area contributed by atoms with Crippen molar-refractivity contribution < 1.29 is 9.13 Å². The minimum Gasteiger partial charge on any atom is -0.493 e. The summed E-state index contributed by atoms with van der Waals surface area (Å²) >= 11 is 5.42. The Morgan fingerprint density at radius 3 is 3.00 bits per heavy atom. The number of rotatable bonds is 2. The third-order valence-electron chi connectivity index (χ3n) is 1.13. The lowest BCUT2D eigenvalue weighted by atomic mass is 10.3. The van der Waals surface area contributed by atoms with Gasteiger partial charge in [0.1, 0.15) is 11.6 Å². The van der Waals surface area contributed by atoms with E-state index < -0.39 is 5.82 Å². The maximum Gasteiger partial charge on any atom is 0.145 e. The van der Waals surface area contributed by atoms with E-state index in [0.29, 0.717) is 12.4 Å². The highest BCUT2D eigenvalue weighted by Gasteiger charge is 2.00. The van der Waals surface area contributed by atoms with Crippen molar-refractivity contribution in [3.63, 3.8) is 0 Å². The Balaban J connectivity index is 2.86. The average molecular weight is 174 g/mol. The Kier molecular flexibility index (Phi) is 2.71. The van der Waals surface area contributed by atoms with Gasteiger partial charge in [0, 0.05) is 12.1 Å². The molecule has 59 valence electrons. The molecule has 11 heavy (non-hydrogen) atoms. The Hall–Kier alpha value is -0.760. The third-order valence-corrected chi connectivity index (χ3v) is 1.42. The van der Waals surface area contributed by atoms with Gasteiger partial charge in [-0.25, -0.2) is 4.39 Å². The van der Waals surface area contributed by atoms with Crippen LogP contribution in [0.1, 0.15) is 6.92 Å². The molecule has 0 aromatic heterocycles. The van der Waals surface area contributed by atoms with Crippen LogP contribution in [0.3, 0.4) is 0 Å². The highest BCUT2D eigenvalue weighted by molar-refractivity contribution is 6.30. The van der Waals surface area contributed by atoms with Gasteiger partial charge in [0.05, 0.1) is 11.6 Å². The monoisotopic (exact) mass is 173 g/mol. The number of ether oxygens (including phenoxy) is 1. The van der Waals surface area contributed by atoms with Crippen molar-refractivity contribution in [3.8, 4) is 5.75 Å². The molecule has 0 saturated heterocycles. The fourth-order valence-electron chi connectivity index (χ4n) is 0.668. The van der Waals surface area contributed by atoms with Crippen LogP contribution in [0.2, 0.25) is 5.02 Å². The molecule has 1 aromatic carbocycles. The predicted octanol–water partition coefficient (Wildman–Crippen LogP) is 2.68. The zero-order chi connectivity index (χ0) is 8.27. The fraction of sp³-hybridized carbons (Fsp3) is 0.250. The van der Waals surface area contributed by atoms with Crippen molar-refractivity contribution in [2.24, 2.45) is 0 Å². The second-order valence-electron chi connectivity index (χ2n) is 1.93. The Morgan fingerprint density at radius 1 is 1.73 bits per heavy atom. The molecule has 0 aliphatic heterocycles. The number of benzene rings is 1. The van der Waals surface area contributed by atoms with Crippen molar-refractivity contribution >= 4 is 11.6 Å². The minimum atomic E-state index is -0.478. The molecule has 0 N–H and O–H groups in total. The standard InChI is InChI=1S/C8H7ClFO/c1-2-11-6-3-4-7(9)8(10)5-6/h4-5H,2H2,1H3. The molecule has 3 heteroatoms. The first-order valence-corrected chi connectivity index (χ1v) is 3.61. The molecule has 0 aliphatic carbocycles. The quantitative estimate of drug-likeness (QED) is 0.668. The van der Waals surface area contributed by atoms with Gasteiger partial charge < -0.3 is 4.74 Å². The van der Waals surface area contributed by atoms with Crippen molar-refractivity contribution in [2.75, 3.05) is 6.61 Å². The summed E-state index contributed by atoms with van der Waals surface area (Å²) in [7, 11) is 0. The summed E-state index contributed by atoms with van der Waals surface area (Å²) in [5.74, 6) is -0.0942. The lowest BCUT2D eigenvalue weighted by molar-refractivity contribution is 0.337. The number of halogens is 2. The molecule has 1 rings (SSSR count). The van der Waals surface area contributed by atoms with Gasteiger partial charge in [-0.3, -0.25) is 0 Å². The van der Waals surface area contributed by atoms with Crippen molar-refractivity contribution in [2.45, 2.75) is 6.92 Å². The van der Waals surface area contributed by atoms with E-state index in [9.17, 15) is 4.39 Å². The Bertz CT molecular complexity index is 250. The molecule has 0 spiro atoms. The normalized spacial score (nSPS) is 9.73. The summed E-state index contributed by atoms with van der Waals surface area (Å²) in [4.78, 5) is 0. The van der Waals surface area contributed by atoms with E-state index >= 15 is 0 Å². The van der Waals surface area contributed by atoms with Gasteiger partial charge in [-0.2, -0.15) is 0 Å². The van der Waals surface area contributed by atoms with Gasteiger partial charge in [0.25, 0.3) is 0 Å². The summed E-state index contributed by atoms with van der Waals surface area (Å²) in [5, 5.41) is 0.0634. The smallest absolute Gasteiger partial charge is 0.145 e. The summed E-state index contributed by atoms with van der Waals surface area (Å²) < 4.78 is 17.7. The van der Waals surface area contributed by atoms with Gasteiger partial charge >= 0.3 is 0 Å². The molecule has 0 fully saturated rings. The van der Waals surface area contributed by atoms with Crippen LogP contribution in [0.25, 0.3) is 0 Å². The molecule has 1 nitrogen and oxygen atoms in total. The molecular formula is C8H7ClFO. The molecule has 1 aromatic rings. The van der Waals surface area contributed by atoms with Gasteiger partial charge in [0.15, 0.2) is 0 Å². The van der Waals surface area contributed by atoms with Gasteiger partial charge in [-0.15, -0.1) is 0 Å². The summed E-state index contributed by atoms with van der Waals surface area (Å²) in [6.45, 7) is 2.32. The molecule has 0 bridgehead atoms.